The van der Waals surface area contributed by atoms with Crippen LogP contribution in [0.25, 0.3) is 104 Å². The molecule has 552 valence electrons. The van der Waals surface area contributed by atoms with Crippen molar-refractivity contribution >= 4 is 137 Å². The Kier molecular flexibility index (Phi) is 18.6. The van der Waals surface area contributed by atoms with Gasteiger partial charge in [0.15, 0.2) is 0 Å². The van der Waals surface area contributed by atoms with Crippen molar-refractivity contribution < 1.29 is 13.4 Å². The lowest BCUT2D eigenvalue weighted by Crippen LogP contribution is -2.09. The molecule has 0 saturated heterocycles. The molecular weight excluding hydrogens is 1450 g/mol. The van der Waals surface area contributed by atoms with Crippen LogP contribution in [0, 0.1) is 0 Å². The largest absolute Gasteiger partial charge is 0.455 e. The smallest absolute Gasteiger partial charge is 0.147 e. The lowest BCUT2D eigenvalue weighted by Gasteiger charge is -2.25. The molecule has 2 unspecified atom stereocenters. The van der Waals surface area contributed by atoms with Gasteiger partial charge in [-0.25, -0.2) is 0 Å². The molecule has 21 rings (SSSR count). The summed E-state index contributed by atoms with van der Waals surface area (Å²) in [6.45, 7) is 1.88. The van der Waals surface area contributed by atoms with Crippen molar-refractivity contribution in [1.82, 2.24) is 0 Å². The molecule has 1 aliphatic rings. The van der Waals surface area contributed by atoms with E-state index in [9.17, 15) is 4.57 Å². The second-order valence-electron chi connectivity index (χ2n) is 29.3. The van der Waals surface area contributed by atoms with Gasteiger partial charge in [0, 0.05) is 100 Å². The molecule has 3 aromatic heterocycles. The van der Waals surface area contributed by atoms with Crippen molar-refractivity contribution in [2.24, 2.45) is 0 Å². The van der Waals surface area contributed by atoms with Crippen LogP contribution >= 0.6 is 14.7 Å². The zero-order valence-electron chi connectivity index (χ0n) is 63.6. The highest BCUT2D eigenvalue weighted by molar-refractivity contribution is 7.79. The predicted molar refractivity (Wildman–Crippen MR) is 490 cm³/mol. The molecule has 116 heavy (non-hydrogen) atoms. The Labute approximate surface area is 675 Å². The zero-order chi connectivity index (χ0) is 77.5. The maximum Gasteiger partial charge on any atom is 0.147 e. The van der Waals surface area contributed by atoms with E-state index in [1.807, 2.05) is 37.0 Å². The van der Waals surface area contributed by atoms with Gasteiger partial charge in [-0.3, -0.25) is 0 Å². The molecule has 1 aliphatic heterocycles. The summed E-state index contributed by atoms with van der Waals surface area (Å²) in [6.07, 6.45) is 0. The van der Waals surface area contributed by atoms with Crippen LogP contribution in [0.4, 0.5) is 68.2 Å². The van der Waals surface area contributed by atoms with E-state index in [2.05, 4.69) is 432 Å². The van der Waals surface area contributed by atoms with Gasteiger partial charge in [-0.15, -0.1) is 0 Å². The lowest BCUT2D eigenvalue weighted by atomic mass is 10.0. The Morgan fingerprint density at radius 1 is 0.250 bits per heavy atom. The molecular formula is C107H76N4O3P2. The molecule has 7 nitrogen and oxygen atoms in total. The third-order valence-electron chi connectivity index (χ3n) is 22.1. The molecule has 0 N–H and O–H groups in total. The van der Waals surface area contributed by atoms with Crippen molar-refractivity contribution in [3.63, 3.8) is 0 Å². The Morgan fingerprint density at radius 3 is 0.879 bits per heavy atom. The fourth-order valence-corrected chi connectivity index (χ4v) is 21.7. The number of hydrogen-bond acceptors (Lipinski definition) is 7. The second-order valence-corrected chi connectivity index (χ2v) is 34.1. The summed E-state index contributed by atoms with van der Waals surface area (Å²) in [7, 11) is -3.70. The molecule has 2 atom stereocenters. The van der Waals surface area contributed by atoms with Crippen molar-refractivity contribution in [3.8, 4) is 61.1 Å². The number of benzene rings is 17. The van der Waals surface area contributed by atoms with E-state index < -0.39 is 14.7 Å². The first-order valence-electron chi connectivity index (χ1n) is 39.2. The number of rotatable bonds is 17. The average molecular weight is 1530 g/mol. The average Bonchev–Trinajstić information content (AvgIpc) is 1.55. The minimum atomic E-state index is -2.89. The zero-order valence-corrected chi connectivity index (χ0v) is 65.3. The number of hydrogen-bond donors (Lipinski definition) is 0. The maximum absolute atomic E-state index is 14.6. The van der Waals surface area contributed by atoms with Crippen molar-refractivity contribution in [1.29, 1.82) is 0 Å². The van der Waals surface area contributed by atoms with Gasteiger partial charge in [0.2, 0.25) is 0 Å². The summed E-state index contributed by atoms with van der Waals surface area (Å²) in [6, 6.07) is 156. The van der Waals surface area contributed by atoms with E-state index in [-0.39, 0.29) is 0 Å². The second kappa shape index (κ2) is 30.6. The van der Waals surface area contributed by atoms with Crippen LogP contribution in [0.1, 0.15) is 0 Å². The fraction of sp³-hybridized carbons (Fsp3) is 0.00935. The van der Waals surface area contributed by atoms with E-state index in [1.54, 1.807) is 0 Å². The summed E-state index contributed by atoms with van der Waals surface area (Å²) >= 11 is 0. The lowest BCUT2D eigenvalue weighted by molar-refractivity contribution is 0.591. The van der Waals surface area contributed by atoms with Crippen molar-refractivity contribution in [2.75, 3.05) is 26.3 Å². The number of fused-ring (bicyclic) bond motifs is 10. The van der Waals surface area contributed by atoms with Gasteiger partial charge in [-0.2, -0.15) is 0 Å². The predicted octanol–water partition coefficient (Wildman–Crippen LogP) is 30.6. The Bertz CT molecular complexity index is 6780. The van der Waals surface area contributed by atoms with E-state index in [1.165, 1.54) is 37.4 Å². The summed E-state index contributed by atoms with van der Waals surface area (Å²) in [5, 5.41) is 8.92. The Hall–Kier alpha value is -14.5. The molecule has 0 spiro atoms. The number of anilines is 12. The third-order valence-corrected chi connectivity index (χ3v) is 27.3. The standard InChI is InChI=1S/C56H39N2OP.C51H37N2O2P/c1-6-16-44(17-7-1)57(45-18-8-2-9-19-45)48-32-26-40(27-33-48)42-31-37-54-52(38-42)55-56(60(54)50-24-14-5-15-25-50)51-36-30-43(39-53(51)59-55)41-28-34-49(35-29-41)58(46-20-10-3-11-21-46)47-22-12-4-13-23-47;1-56(54)49-33-27-38(36-22-28-44(29-23-36)52(40-14-6-2-7-15-40)41-16-8-3-9-17-41)34-47(49)50-51(56)46-32-26-39(35-48(46)55-50)37-24-30-45(31-25-37)53(42-18-10-4-11-19-42)43-20-12-5-13-21-43/h1-39H;2-35H,1H3. The van der Waals surface area contributed by atoms with Crippen LogP contribution < -0.4 is 30.2 Å². The minimum absolute atomic E-state index is 0.715. The normalized spacial score (nSPS) is 12.9. The van der Waals surface area contributed by atoms with Gasteiger partial charge in [0.05, 0.1) is 10.4 Å². The van der Waals surface area contributed by atoms with Crippen LogP contribution in [0.15, 0.2) is 452 Å². The number of nitrogens with zero attached hydrogens (tertiary/aromatic N) is 4. The minimum Gasteiger partial charge on any atom is -0.455 e. The van der Waals surface area contributed by atoms with Gasteiger partial charge in [-0.05, 0) is 251 Å². The molecule has 0 bridgehead atoms. The van der Waals surface area contributed by atoms with Crippen LogP contribution in [-0.2, 0) is 4.57 Å². The topological polar surface area (TPSA) is 56.3 Å². The summed E-state index contributed by atoms with van der Waals surface area (Å²) in [5.41, 5.74) is 25.7. The van der Waals surface area contributed by atoms with E-state index in [0.29, 0.717) is 5.76 Å². The summed E-state index contributed by atoms with van der Waals surface area (Å²) in [5.74, 6) is 0.715. The molecule has 17 aromatic carbocycles. The first-order valence-corrected chi connectivity index (χ1v) is 42.7. The molecule has 0 aliphatic carbocycles. The van der Waals surface area contributed by atoms with Crippen LogP contribution in [0.2, 0.25) is 0 Å². The van der Waals surface area contributed by atoms with Crippen molar-refractivity contribution in [2.45, 2.75) is 0 Å². The maximum atomic E-state index is 14.6. The third kappa shape index (κ3) is 13.3. The summed E-state index contributed by atoms with van der Waals surface area (Å²) < 4.78 is 28.2. The molecule has 0 radical (unpaired) electrons. The van der Waals surface area contributed by atoms with Gasteiger partial charge in [-0.1, -0.05) is 256 Å². The quantitative estimate of drug-likeness (QED) is 0.0842. The van der Waals surface area contributed by atoms with Crippen LogP contribution in [0.3, 0.4) is 0 Å². The van der Waals surface area contributed by atoms with E-state index in [4.69, 9.17) is 8.83 Å². The number of furan rings is 2. The highest BCUT2D eigenvalue weighted by atomic mass is 31.2. The molecule has 20 aromatic rings. The van der Waals surface area contributed by atoms with Gasteiger partial charge >= 0.3 is 0 Å². The van der Waals surface area contributed by atoms with Gasteiger partial charge < -0.3 is 33.0 Å². The monoisotopic (exact) mass is 1530 g/mol. The highest BCUT2D eigenvalue weighted by Gasteiger charge is 2.40. The van der Waals surface area contributed by atoms with E-state index >= 15 is 0 Å². The van der Waals surface area contributed by atoms with Gasteiger partial charge in [0.1, 0.15) is 29.7 Å². The van der Waals surface area contributed by atoms with Crippen LogP contribution in [-0.4, -0.2) is 6.66 Å². The molecule has 0 saturated carbocycles. The molecule has 0 fully saturated rings. The first-order chi connectivity index (χ1) is 57.3. The van der Waals surface area contributed by atoms with Crippen LogP contribution in [0.5, 0.6) is 0 Å². The van der Waals surface area contributed by atoms with Crippen molar-refractivity contribution in [3.05, 3.63) is 443 Å². The van der Waals surface area contributed by atoms with E-state index in [0.717, 1.165) is 140 Å². The molecule has 9 heteroatoms. The Balaban J connectivity index is 0.000000150. The summed E-state index contributed by atoms with van der Waals surface area (Å²) in [4.78, 5) is 9.10. The highest BCUT2D eigenvalue weighted by Crippen LogP contribution is 2.59. The fourth-order valence-electron chi connectivity index (χ4n) is 16.6. The Morgan fingerprint density at radius 2 is 0.526 bits per heavy atom. The first kappa shape index (κ1) is 70.6. The SMILES string of the molecule is CP1(=O)c2ccc(-c3ccc(N(c4ccccc4)c4ccccc4)cc3)cc2-c2oc3cc(-c4ccc(N(c5ccccc5)c5ccccc5)cc4)ccc3c21.c1ccc(N(c2ccccc2)c2ccc(-c3ccc4c(c3)oc3c5cc(-c6ccc(N(c7ccccc7)c7ccccc7)cc6)ccc5p(-c5ccccc5)c43)cc2)cc1. The molecule has 0 amide bonds. The molecule has 4 heterocycles. The number of para-hydroxylation sites is 8. The van der Waals surface area contributed by atoms with Gasteiger partial charge in [0.25, 0.3) is 0 Å².